The second-order valence-corrected chi connectivity index (χ2v) is 5.31. The van der Waals surface area contributed by atoms with Crippen molar-refractivity contribution in [3.8, 4) is 0 Å². The average molecular weight is 250 g/mol. The van der Waals surface area contributed by atoms with Crippen LogP contribution < -0.4 is 0 Å². The normalized spacial score (nSPS) is 11.9. The molecule has 0 heteroatoms. The van der Waals surface area contributed by atoms with E-state index in [-0.39, 0.29) is 0 Å². The first kappa shape index (κ1) is 13.6. The van der Waals surface area contributed by atoms with Gasteiger partial charge in [-0.15, -0.1) is 0 Å². The van der Waals surface area contributed by atoms with Gasteiger partial charge in [0.05, 0.1) is 0 Å². The van der Waals surface area contributed by atoms with Gasteiger partial charge in [-0.2, -0.15) is 0 Å². The van der Waals surface area contributed by atoms with Crippen molar-refractivity contribution >= 4 is 0 Å². The maximum absolute atomic E-state index is 2.35. The molecule has 1 atom stereocenters. The molecule has 0 radical (unpaired) electrons. The molecule has 0 aliphatic carbocycles. The second kappa shape index (κ2) is 6.94. The van der Waals surface area contributed by atoms with Crippen LogP contribution in [-0.4, -0.2) is 0 Å². The fourth-order valence-electron chi connectivity index (χ4n) is 2.34. The lowest BCUT2D eigenvalue weighted by Gasteiger charge is -2.16. The molecule has 0 fully saturated rings. The molecule has 1 unspecified atom stereocenters. The highest BCUT2D eigenvalue weighted by atomic mass is 14.1. The van der Waals surface area contributed by atoms with Crippen LogP contribution in [0.1, 0.15) is 37.3 Å². The van der Waals surface area contributed by atoms with Crippen molar-refractivity contribution in [2.45, 2.75) is 32.6 Å². The minimum atomic E-state index is 0.568. The molecule has 0 heterocycles. The van der Waals surface area contributed by atoms with Crippen molar-refractivity contribution in [3.05, 3.63) is 83.4 Å². The first-order valence-corrected chi connectivity index (χ1v) is 6.98. The van der Waals surface area contributed by atoms with Gasteiger partial charge >= 0.3 is 0 Å². The maximum Gasteiger partial charge on any atom is -0.00868 e. The Balaban J connectivity index is 2.17. The maximum atomic E-state index is 2.35. The van der Waals surface area contributed by atoms with Gasteiger partial charge in [-0.3, -0.25) is 0 Å². The van der Waals surface area contributed by atoms with Gasteiger partial charge in [0.2, 0.25) is 0 Å². The predicted octanol–water partition coefficient (Wildman–Crippen LogP) is 5.37. The van der Waals surface area contributed by atoms with Gasteiger partial charge in [-0.1, -0.05) is 72.3 Å². The van der Waals surface area contributed by atoms with E-state index in [1.165, 1.54) is 16.7 Å². The summed E-state index contributed by atoms with van der Waals surface area (Å²) in [5.41, 5.74) is 4.25. The third-order valence-corrected chi connectivity index (χ3v) is 3.41. The summed E-state index contributed by atoms with van der Waals surface area (Å²) in [6.07, 6.45) is 4.57. The largest absolute Gasteiger partial charge is 0.0853 e. The topological polar surface area (TPSA) is 0 Å². The third-order valence-electron chi connectivity index (χ3n) is 3.41. The first-order valence-electron chi connectivity index (χ1n) is 6.98. The molecular weight excluding hydrogens is 228 g/mol. The Bertz CT molecular complexity index is 504. The van der Waals surface area contributed by atoms with Crippen LogP contribution in [-0.2, 0) is 6.42 Å². The molecule has 2 rings (SSSR count). The van der Waals surface area contributed by atoms with E-state index < -0.39 is 0 Å². The van der Waals surface area contributed by atoms with Gasteiger partial charge in [0.25, 0.3) is 0 Å². The van der Waals surface area contributed by atoms with Gasteiger partial charge in [0.15, 0.2) is 0 Å². The molecule has 0 spiro atoms. The van der Waals surface area contributed by atoms with Crippen molar-refractivity contribution in [1.29, 1.82) is 0 Å². The van der Waals surface area contributed by atoms with Crippen LogP contribution in [0.5, 0.6) is 0 Å². The monoisotopic (exact) mass is 250 g/mol. The number of hydrogen-bond donors (Lipinski definition) is 0. The van der Waals surface area contributed by atoms with Gasteiger partial charge in [0, 0.05) is 0 Å². The van der Waals surface area contributed by atoms with E-state index in [1.807, 2.05) is 0 Å². The van der Waals surface area contributed by atoms with Crippen molar-refractivity contribution in [2.75, 3.05) is 0 Å². The van der Waals surface area contributed by atoms with Gasteiger partial charge in [0.1, 0.15) is 0 Å². The smallest absolute Gasteiger partial charge is 0.00868 e. The number of allylic oxidation sites excluding steroid dienone is 2. The summed E-state index contributed by atoms with van der Waals surface area (Å²) in [6, 6.07) is 21.6. The van der Waals surface area contributed by atoms with E-state index in [0.29, 0.717) is 5.92 Å². The van der Waals surface area contributed by atoms with E-state index in [1.54, 1.807) is 0 Å². The lowest BCUT2D eigenvalue weighted by atomic mass is 9.89. The lowest BCUT2D eigenvalue weighted by Crippen LogP contribution is -2.02. The van der Waals surface area contributed by atoms with E-state index in [2.05, 4.69) is 80.6 Å². The van der Waals surface area contributed by atoms with E-state index in [9.17, 15) is 0 Å². The molecular formula is C19H22. The summed E-state index contributed by atoms with van der Waals surface area (Å²) in [7, 11) is 0. The molecule has 2 aromatic rings. The van der Waals surface area contributed by atoms with E-state index in [4.69, 9.17) is 0 Å². The SMILES string of the molecule is CC(C)=CCC(Cc1ccccc1)c1ccccc1. The third kappa shape index (κ3) is 4.40. The second-order valence-electron chi connectivity index (χ2n) is 5.31. The molecule has 0 N–H and O–H groups in total. The molecule has 0 aromatic heterocycles. The molecule has 2 aromatic carbocycles. The minimum absolute atomic E-state index is 0.568. The number of rotatable bonds is 5. The summed E-state index contributed by atoms with van der Waals surface area (Å²) in [5.74, 6) is 0.568. The van der Waals surface area contributed by atoms with Crippen molar-refractivity contribution in [3.63, 3.8) is 0 Å². The van der Waals surface area contributed by atoms with Crippen LogP contribution in [0, 0.1) is 0 Å². The van der Waals surface area contributed by atoms with Gasteiger partial charge in [-0.05, 0) is 43.7 Å². The molecule has 0 nitrogen and oxygen atoms in total. The van der Waals surface area contributed by atoms with Crippen LogP contribution in [0.3, 0.4) is 0 Å². The predicted molar refractivity (Wildman–Crippen MR) is 83.4 cm³/mol. The quantitative estimate of drug-likeness (QED) is 0.626. The highest BCUT2D eigenvalue weighted by Crippen LogP contribution is 2.25. The fourth-order valence-corrected chi connectivity index (χ4v) is 2.34. The van der Waals surface area contributed by atoms with Crippen LogP contribution in [0.2, 0.25) is 0 Å². The summed E-state index contributed by atoms with van der Waals surface area (Å²) in [4.78, 5) is 0. The Morgan fingerprint density at radius 3 is 2.05 bits per heavy atom. The highest BCUT2D eigenvalue weighted by Gasteiger charge is 2.10. The molecule has 0 bridgehead atoms. The fraction of sp³-hybridized carbons (Fsp3) is 0.263. The summed E-state index contributed by atoms with van der Waals surface area (Å²) in [6.45, 7) is 4.34. The zero-order valence-electron chi connectivity index (χ0n) is 11.8. The zero-order chi connectivity index (χ0) is 13.5. The lowest BCUT2D eigenvalue weighted by molar-refractivity contribution is 0.693. The van der Waals surface area contributed by atoms with Crippen molar-refractivity contribution in [1.82, 2.24) is 0 Å². The van der Waals surface area contributed by atoms with Crippen LogP contribution in [0.25, 0.3) is 0 Å². The van der Waals surface area contributed by atoms with Crippen LogP contribution in [0.15, 0.2) is 72.3 Å². The van der Waals surface area contributed by atoms with E-state index >= 15 is 0 Å². The molecule has 0 saturated heterocycles. The molecule has 0 aliphatic heterocycles. The standard InChI is InChI=1S/C19H22/c1-16(2)13-14-19(18-11-7-4-8-12-18)15-17-9-5-3-6-10-17/h3-13,19H,14-15H2,1-2H3. The van der Waals surface area contributed by atoms with Crippen LogP contribution >= 0.6 is 0 Å². The van der Waals surface area contributed by atoms with Crippen molar-refractivity contribution in [2.24, 2.45) is 0 Å². The summed E-state index contributed by atoms with van der Waals surface area (Å²) < 4.78 is 0. The molecule has 19 heavy (non-hydrogen) atoms. The Morgan fingerprint density at radius 2 is 1.47 bits per heavy atom. The Hall–Kier alpha value is -1.82. The first-order chi connectivity index (χ1) is 9.25. The molecule has 98 valence electrons. The van der Waals surface area contributed by atoms with Gasteiger partial charge < -0.3 is 0 Å². The Morgan fingerprint density at radius 1 is 0.895 bits per heavy atom. The molecule has 0 saturated carbocycles. The van der Waals surface area contributed by atoms with Crippen LogP contribution in [0.4, 0.5) is 0 Å². The minimum Gasteiger partial charge on any atom is -0.0853 e. The highest BCUT2D eigenvalue weighted by molar-refractivity contribution is 5.25. The molecule has 0 amide bonds. The van der Waals surface area contributed by atoms with Crippen molar-refractivity contribution < 1.29 is 0 Å². The average Bonchev–Trinajstić information content (AvgIpc) is 2.45. The van der Waals surface area contributed by atoms with Gasteiger partial charge in [-0.25, -0.2) is 0 Å². The Kier molecular flexibility index (Phi) is 4.97. The summed E-state index contributed by atoms with van der Waals surface area (Å²) in [5, 5.41) is 0. The Labute approximate surface area is 116 Å². The zero-order valence-corrected chi connectivity index (χ0v) is 11.8. The summed E-state index contributed by atoms with van der Waals surface area (Å²) >= 11 is 0. The molecule has 0 aliphatic rings. The van der Waals surface area contributed by atoms with E-state index in [0.717, 1.165) is 12.8 Å². The number of benzene rings is 2. The number of hydrogen-bond acceptors (Lipinski definition) is 0.